The van der Waals surface area contributed by atoms with Crippen LogP contribution in [0.2, 0.25) is 4.34 Å². The third-order valence-corrected chi connectivity index (χ3v) is 5.79. The number of aromatic nitrogens is 1. The Morgan fingerprint density at radius 2 is 2.04 bits per heavy atom. The quantitative estimate of drug-likeness (QED) is 0.813. The van der Waals surface area contributed by atoms with E-state index in [9.17, 15) is 4.79 Å². The fraction of sp³-hybridized carbons (Fsp3) is 0.529. The zero-order chi connectivity index (χ0) is 17.1. The van der Waals surface area contributed by atoms with E-state index in [-0.39, 0.29) is 5.91 Å². The largest absolute Gasteiger partial charge is 0.361 e. The highest BCUT2D eigenvalue weighted by Gasteiger charge is 2.22. The molecule has 5 nitrogen and oxygen atoms in total. The van der Waals surface area contributed by atoms with E-state index in [4.69, 9.17) is 16.1 Å². The van der Waals surface area contributed by atoms with E-state index >= 15 is 0 Å². The standard InChI is InChI=1S/C17H22ClN3O2S/c1-12-15(13(2)23-19-12)11-20-7-9-21(10-8-20)17(22)6-4-14-3-5-16(18)24-14/h3,5H,4,6-11H2,1-2H3. The zero-order valence-electron chi connectivity index (χ0n) is 14.0. The van der Waals surface area contributed by atoms with Crippen molar-refractivity contribution in [3.05, 3.63) is 38.4 Å². The first-order valence-electron chi connectivity index (χ1n) is 8.19. The van der Waals surface area contributed by atoms with Crippen molar-refractivity contribution in [2.24, 2.45) is 0 Å². The molecule has 3 heterocycles. The molecule has 1 fully saturated rings. The number of halogens is 1. The summed E-state index contributed by atoms with van der Waals surface area (Å²) in [5.41, 5.74) is 2.13. The molecule has 1 aliphatic rings. The molecule has 3 rings (SSSR count). The van der Waals surface area contributed by atoms with E-state index in [1.807, 2.05) is 30.9 Å². The lowest BCUT2D eigenvalue weighted by atomic mass is 10.1. The molecule has 2 aromatic rings. The van der Waals surface area contributed by atoms with Crippen LogP contribution in [0.25, 0.3) is 0 Å². The van der Waals surface area contributed by atoms with Crippen LogP contribution in [0.1, 0.15) is 28.3 Å². The molecule has 1 saturated heterocycles. The van der Waals surface area contributed by atoms with Gasteiger partial charge in [-0.2, -0.15) is 0 Å². The van der Waals surface area contributed by atoms with Gasteiger partial charge >= 0.3 is 0 Å². The Labute approximate surface area is 151 Å². The highest BCUT2D eigenvalue weighted by molar-refractivity contribution is 7.16. The lowest BCUT2D eigenvalue weighted by Crippen LogP contribution is -2.48. The predicted octanol–water partition coefficient (Wildman–Crippen LogP) is 3.28. The molecule has 1 amide bonds. The fourth-order valence-electron chi connectivity index (χ4n) is 2.98. The van der Waals surface area contributed by atoms with Gasteiger partial charge in [0.2, 0.25) is 5.91 Å². The van der Waals surface area contributed by atoms with Crippen LogP contribution in [0.4, 0.5) is 0 Å². The van der Waals surface area contributed by atoms with Gasteiger partial charge in [0.15, 0.2) is 0 Å². The van der Waals surface area contributed by atoms with Gasteiger partial charge in [0.1, 0.15) is 5.76 Å². The Morgan fingerprint density at radius 3 is 2.62 bits per heavy atom. The predicted molar refractivity (Wildman–Crippen MR) is 95.5 cm³/mol. The molecular weight excluding hydrogens is 346 g/mol. The number of carbonyl (C=O) groups excluding carboxylic acids is 1. The summed E-state index contributed by atoms with van der Waals surface area (Å²) in [4.78, 5) is 17.9. The number of thiophene rings is 1. The number of aryl methyl sites for hydroxylation is 3. The molecule has 7 heteroatoms. The van der Waals surface area contributed by atoms with Gasteiger partial charge in [-0.3, -0.25) is 9.69 Å². The second-order valence-electron chi connectivity index (χ2n) is 6.17. The topological polar surface area (TPSA) is 49.6 Å². The van der Waals surface area contributed by atoms with E-state index in [0.29, 0.717) is 6.42 Å². The molecular formula is C17H22ClN3O2S. The number of amides is 1. The van der Waals surface area contributed by atoms with Crippen molar-refractivity contribution < 1.29 is 9.32 Å². The molecule has 1 aliphatic heterocycles. The number of rotatable bonds is 5. The molecule has 0 spiro atoms. The van der Waals surface area contributed by atoms with Crippen LogP contribution in [-0.2, 0) is 17.8 Å². The van der Waals surface area contributed by atoms with Crippen molar-refractivity contribution in [1.29, 1.82) is 0 Å². The highest BCUT2D eigenvalue weighted by atomic mass is 35.5. The maximum Gasteiger partial charge on any atom is 0.223 e. The minimum Gasteiger partial charge on any atom is -0.361 e. The van der Waals surface area contributed by atoms with Crippen molar-refractivity contribution in [3.8, 4) is 0 Å². The van der Waals surface area contributed by atoms with Gasteiger partial charge in [-0.25, -0.2) is 0 Å². The van der Waals surface area contributed by atoms with Crippen LogP contribution in [0.15, 0.2) is 16.7 Å². The number of carbonyl (C=O) groups is 1. The second kappa shape index (κ2) is 7.68. The van der Waals surface area contributed by atoms with E-state index < -0.39 is 0 Å². The monoisotopic (exact) mass is 367 g/mol. The Balaban J connectivity index is 1.45. The Kier molecular flexibility index (Phi) is 5.58. The van der Waals surface area contributed by atoms with Crippen LogP contribution in [0.3, 0.4) is 0 Å². The Bertz CT molecular complexity index is 685. The molecule has 0 aromatic carbocycles. The van der Waals surface area contributed by atoms with Gasteiger partial charge in [0, 0.05) is 49.6 Å². The van der Waals surface area contributed by atoms with Crippen molar-refractivity contribution in [1.82, 2.24) is 15.0 Å². The Hall–Kier alpha value is -1.37. The fourth-order valence-corrected chi connectivity index (χ4v) is 4.07. The number of hydrogen-bond acceptors (Lipinski definition) is 5. The van der Waals surface area contributed by atoms with Gasteiger partial charge < -0.3 is 9.42 Å². The second-order valence-corrected chi connectivity index (χ2v) is 7.97. The van der Waals surface area contributed by atoms with E-state index in [2.05, 4.69) is 10.1 Å². The van der Waals surface area contributed by atoms with Crippen molar-refractivity contribution in [3.63, 3.8) is 0 Å². The summed E-state index contributed by atoms with van der Waals surface area (Å²) >= 11 is 7.48. The van der Waals surface area contributed by atoms with E-state index in [1.165, 1.54) is 10.4 Å². The van der Waals surface area contributed by atoms with E-state index in [0.717, 1.165) is 54.9 Å². The minimum absolute atomic E-state index is 0.233. The van der Waals surface area contributed by atoms with Gasteiger partial charge in [0.05, 0.1) is 10.0 Å². The maximum absolute atomic E-state index is 12.4. The van der Waals surface area contributed by atoms with Crippen LogP contribution in [-0.4, -0.2) is 47.0 Å². The SMILES string of the molecule is Cc1noc(C)c1CN1CCN(C(=O)CCc2ccc(Cl)s2)CC1. The van der Waals surface area contributed by atoms with Gasteiger partial charge in [-0.1, -0.05) is 16.8 Å². The van der Waals surface area contributed by atoms with E-state index in [1.54, 1.807) is 11.3 Å². The van der Waals surface area contributed by atoms with Crippen LogP contribution in [0.5, 0.6) is 0 Å². The molecule has 24 heavy (non-hydrogen) atoms. The first-order chi connectivity index (χ1) is 11.5. The lowest BCUT2D eigenvalue weighted by molar-refractivity contribution is -0.132. The summed E-state index contributed by atoms with van der Waals surface area (Å²) in [5.74, 6) is 1.12. The third kappa shape index (κ3) is 4.18. The third-order valence-electron chi connectivity index (χ3n) is 4.50. The molecule has 130 valence electrons. The molecule has 0 N–H and O–H groups in total. The summed E-state index contributed by atoms with van der Waals surface area (Å²) in [6.07, 6.45) is 1.33. The molecule has 2 aromatic heterocycles. The first kappa shape index (κ1) is 17.5. The van der Waals surface area contributed by atoms with Crippen molar-refractivity contribution in [2.45, 2.75) is 33.2 Å². The highest BCUT2D eigenvalue weighted by Crippen LogP contribution is 2.23. The summed E-state index contributed by atoms with van der Waals surface area (Å²) in [6.45, 7) is 8.12. The van der Waals surface area contributed by atoms with Gasteiger partial charge in [-0.15, -0.1) is 11.3 Å². The first-order valence-corrected chi connectivity index (χ1v) is 9.38. The van der Waals surface area contributed by atoms with Crippen LogP contribution in [0, 0.1) is 13.8 Å². The number of nitrogens with zero attached hydrogens (tertiary/aromatic N) is 3. The van der Waals surface area contributed by atoms with Gasteiger partial charge in [-0.05, 0) is 32.4 Å². The smallest absolute Gasteiger partial charge is 0.223 e. The maximum atomic E-state index is 12.4. The average molecular weight is 368 g/mol. The van der Waals surface area contributed by atoms with Crippen LogP contribution < -0.4 is 0 Å². The summed E-state index contributed by atoms with van der Waals surface area (Å²) in [7, 11) is 0. The van der Waals surface area contributed by atoms with Gasteiger partial charge in [0.25, 0.3) is 0 Å². The van der Waals surface area contributed by atoms with Crippen LogP contribution >= 0.6 is 22.9 Å². The average Bonchev–Trinajstić information content (AvgIpc) is 3.13. The van der Waals surface area contributed by atoms with Crippen molar-refractivity contribution in [2.75, 3.05) is 26.2 Å². The zero-order valence-corrected chi connectivity index (χ0v) is 15.6. The van der Waals surface area contributed by atoms with Crippen molar-refractivity contribution >= 4 is 28.8 Å². The Morgan fingerprint density at radius 1 is 1.29 bits per heavy atom. The minimum atomic E-state index is 0.233. The normalized spacial score (nSPS) is 15.9. The number of hydrogen-bond donors (Lipinski definition) is 0. The lowest BCUT2D eigenvalue weighted by Gasteiger charge is -2.34. The molecule has 0 unspecified atom stereocenters. The molecule has 0 radical (unpaired) electrons. The molecule has 0 bridgehead atoms. The summed E-state index contributed by atoms with van der Waals surface area (Å²) in [6, 6.07) is 3.89. The molecule has 0 atom stereocenters. The molecule has 0 aliphatic carbocycles. The summed E-state index contributed by atoms with van der Waals surface area (Å²) < 4.78 is 6.01. The summed E-state index contributed by atoms with van der Waals surface area (Å²) in [5, 5.41) is 4.01. The number of piperazine rings is 1. The molecule has 0 saturated carbocycles.